The smallest absolute Gasteiger partial charge is 0.312 e. The van der Waals surface area contributed by atoms with Gasteiger partial charge in [0.25, 0.3) is 0 Å². The van der Waals surface area contributed by atoms with Gasteiger partial charge in [-0.15, -0.1) is 0 Å². The lowest BCUT2D eigenvalue weighted by Gasteiger charge is -2.19. The van der Waals surface area contributed by atoms with Crippen LogP contribution in [-0.2, 0) is 35.9 Å². The molecule has 4 aromatic rings. The van der Waals surface area contributed by atoms with E-state index in [9.17, 15) is 19.8 Å². The second-order valence-corrected chi connectivity index (χ2v) is 14.9. The lowest BCUT2D eigenvalue weighted by atomic mass is 9.92. The first-order chi connectivity index (χ1) is 27.0. The third kappa shape index (κ3) is 9.20. The summed E-state index contributed by atoms with van der Waals surface area (Å²) in [5.74, 6) is -1.47. The van der Waals surface area contributed by atoms with E-state index in [-0.39, 0.29) is 37.6 Å². The Morgan fingerprint density at radius 3 is 1.89 bits per heavy atom. The SMILES string of the molecule is COc1nc(OCc2cccc(-c3cccc(COc4nc(OC)c(CN[C@@H]5CCC[C@@H]5C(=O)O)cc4Cl)c3C)c2C)c(Cl)cc1CN=C1CCC[C@@H]1C(=O)O. The molecular formula is C42H46Cl2N4O8. The normalized spacial score (nSPS) is 18.6. The summed E-state index contributed by atoms with van der Waals surface area (Å²) >= 11 is 13.3. The van der Waals surface area contributed by atoms with Crippen molar-refractivity contribution in [3.63, 3.8) is 0 Å². The van der Waals surface area contributed by atoms with E-state index in [1.165, 1.54) is 14.2 Å². The molecule has 6 rings (SSSR count). The van der Waals surface area contributed by atoms with E-state index < -0.39 is 23.8 Å². The van der Waals surface area contributed by atoms with Gasteiger partial charge < -0.3 is 34.5 Å². The van der Waals surface area contributed by atoms with E-state index in [4.69, 9.17) is 42.1 Å². The monoisotopic (exact) mass is 804 g/mol. The zero-order valence-electron chi connectivity index (χ0n) is 31.9. The molecule has 12 nitrogen and oxygen atoms in total. The molecule has 2 fully saturated rings. The molecule has 2 aromatic carbocycles. The van der Waals surface area contributed by atoms with Crippen LogP contribution in [-0.4, -0.2) is 58.1 Å². The van der Waals surface area contributed by atoms with Gasteiger partial charge in [0.1, 0.15) is 23.3 Å². The number of nitrogens with one attached hydrogen (secondary N) is 1. The van der Waals surface area contributed by atoms with Crippen molar-refractivity contribution in [2.45, 2.75) is 84.7 Å². The molecule has 2 heterocycles. The summed E-state index contributed by atoms with van der Waals surface area (Å²) in [6.45, 7) is 5.09. The molecule has 2 aliphatic rings. The number of hydrogen-bond acceptors (Lipinski definition) is 10. The Kier molecular flexibility index (Phi) is 13.4. The van der Waals surface area contributed by atoms with Crippen LogP contribution in [0.3, 0.4) is 0 Å². The second kappa shape index (κ2) is 18.4. The fraction of sp³-hybridized carbons (Fsp3) is 0.405. The number of rotatable bonds is 16. The van der Waals surface area contributed by atoms with E-state index in [1.54, 1.807) is 12.1 Å². The van der Waals surface area contributed by atoms with Crippen LogP contribution in [0.1, 0.15) is 71.9 Å². The molecule has 0 amide bonds. The summed E-state index contributed by atoms with van der Waals surface area (Å²) in [5.41, 5.74) is 8.06. The summed E-state index contributed by atoms with van der Waals surface area (Å²) in [6.07, 6.45) is 4.38. The number of aromatic nitrogens is 2. The van der Waals surface area contributed by atoms with Gasteiger partial charge in [-0.05, 0) is 91.5 Å². The standard InChI is InChI=1S/C42H46Cl2N4O8/c1-23-25(21-55-39-33(43)17-27(37(47-39)53-3)19-45-35-15-7-13-31(35)41(49)50)9-5-11-29(23)30-12-6-10-26(24(30)2)22-56-40-34(44)18-28(38(48-40)54-4)20-46-36-16-8-14-32(36)42(51)52/h5-6,9-12,17-18,31-32,35,45H,7-8,13-16,19-22H2,1-4H3,(H,49,50)(H,51,52)/t31-,32-,35+/m0/s1. The first-order valence-electron chi connectivity index (χ1n) is 18.6. The molecule has 14 heteroatoms. The van der Waals surface area contributed by atoms with Crippen molar-refractivity contribution in [1.29, 1.82) is 0 Å². The Morgan fingerprint density at radius 2 is 1.34 bits per heavy atom. The van der Waals surface area contributed by atoms with Crippen molar-refractivity contribution < 1.29 is 38.7 Å². The Labute approximate surface area is 336 Å². The van der Waals surface area contributed by atoms with Crippen LogP contribution in [0.5, 0.6) is 23.5 Å². The van der Waals surface area contributed by atoms with Crippen LogP contribution in [0, 0.1) is 25.7 Å². The summed E-state index contributed by atoms with van der Waals surface area (Å²) in [5, 5.41) is 23.0. The number of hydrogen-bond donors (Lipinski definition) is 3. The maximum absolute atomic E-state index is 11.6. The topological polar surface area (TPSA) is 162 Å². The van der Waals surface area contributed by atoms with Gasteiger partial charge in [0.05, 0.1) is 32.6 Å². The highest BCUT2D eigenvalue weighted by Crippen LogP contribution is 2.35. The van der Waals surface area contributed by atoms with Crippen LogP contribution >= 0.6 is 23.2 Å². The van der Waals surface area contributed by atoms with E-state index in [2.05, 4.69) is 32.4 Å². The highest BCUT2D eigenvalue weighted by molar-refractivity contribution is 6.32. The molecule has 3 N–H and O–H groups in total. The second-order valence-electron chi connectivity index (χ2n) is 14.1. The number of carboxylic acid groups (broad SMARTS) is 2. The van der Waals surface area contributed by atoms with Crippen LogP contribution in [0.25, 0.3) is 11.1 Å². The first kappa shape index (κ1) is 40.7. The Bertz CT molecular complexity index is 2130. The number of carboxylic acids is 2. The number of nitrogens with zero attached hydrogens (tertiary/aromatic N) is 3. The molecule has 0 radical (unpaired) electrons. The van der Waals surface area contributed by atoms with Crippen molar-refractivity contribution in [3.8, 4) is 34.6 Å². The van der Waals surface area contributed by atoms with Crippen LogP contribution < -0.4 is 24.3 Å². The van der Waals surface area contributed by atoms with Crippen molar-refractivity contribution in [1.82, 2.24) is 15.3 Å². The quantitative estimate of drug-likeness (QED) is 0.0997. The minimum atomic E-state index is -0.851. The average Bonchev–Trinajstić information content (AvgIpc) is 3.87. The van der Waals surface area contributed by atoms with Gasteiger partial charge in [0.15, 0.2) is 0 Å². The Morgan fingerprint density at radius 1 is 0.768 bits per heavy atom. The van der Waals surface area contributed by atoms with Gasteiger partial charge in [-0.1, -0.05) is 66.0 Å². The lowest BCUT2D eigenvalue weighted by Crippen LogP contribution is -2.35. The largest absolute Gasteiger partial charge is 0.481 e. The van der Waals surface area contributed by atoms with Crippen molar-refractivity contribution in [3.05, 3.63) is 92.0 Å². The highest BCUT2D eigenvalue weighted by Gasteiger charge is 2.33. The number of carbonyl (C=O) groups is 2. The van der Waals surface area contributed by atoms with Gasteiger partial charge in [-0.3, -0.25) is 14.6 Å². The molecule has 0 bridgehead atoms. The molecule has 0 spiro atoms. The minimum absolute atomic E-state index is 0.123. The van der Waals surface area contributed by atoms with Gasteiger partial charge in [0, 0.05) is 29.4 Å². The van der Waals surface area contributed by atoms with Crippen LogP contribution in [0.4, 0.5) is 0 Å². The highest BCUT2D eigenvalue weighted by atomic mass is 35.5. The molecule has 2 aromatic heterocycles. The minimum Gasteiger partial charge on any atom is -0.481 e. The molecule has 0 saturated heterocycles. The lowest BCUT2D eigenvalue weighted by molar-refractivity contribution is -0.142. The first-order valence-corrected chi connectivity index (χ1v) is 19.4. The molecule has 0 unspecified atom stereocenters. The van der Waals surface area contributed by atoms with E-state index in [0.29, 0.717) is 58.9 Å². The summed E-state index contributed by atoms with van der Waals surface area (Å²) in [4.78, 5) is 36.9. The number of halogens is 2. The predicted octanol–water partition coefficient (Wildman–Crippen LogP) is 8.41. The van der Waals surface area contributed by atoms with E-state index in [0.717, 1.165) is 58.2 Å². The summed E-state index contributed by atoms with van der Waals surface area (Å²) < 4.78 is 23.4. The summed E-state index contributed by atoms with van der Waals surface area (Å²) in [7, 11) is 3.04. The number of pyridine rings is 2. The third-order valence-corrected chi connectivity index (χ3v) is 11.3. The number of aliphatic carboxylic acids is 2. The molecule has 3 atom stereocenters. The van der Waals surface area contributed by atoms with Crippen molar-refractivity contribution in [2.75, 3.05) is 14.2 Å². The van der Waals surface area contributed by atoms with Crippen molar-refractivity contribution >= 4 is 40.9 Å². The number of methoxy groups -OCH3 is 2. The Balaban J connectivity index is 1.13. The fourth-order valence-corrected chi connectivity index (χ4v) is 8.01. The van der Waals surface area contributed by atoms with Gasteiger partial charge >= 0.3 is 11.9 Å². The van der Waals surface area contributed by atoms with E-state index in [1.807, 2.05) is 38.1 Å². The average molecular weight is 806 g/mol. The van der Waals surface area contributed by atoms with Crippen LogP contribution in [0.15, 0.2) is 53.5 Å². The van der Waals surface area contributed by atoms with Crippen LogP contribution in [0.2, 0.25) is 10.0 Å². The number of ether oxygens (including phenoxy) is 4. The molecule has 0 aliphatic heterocycles. The zero-order valence-corrected chi connectivity index (χ0v) is 33.4. The molecule has 2 aliphatic carbocycles. The van der Waals surface area contributed by atoms with Gasteiger partial charge in [-0.2, -0.15) is 9.97 Å². The molecule has 2 saturated carbocycles. The van der Waals surface area contributed by atoms with E-state index >= 15 is 0 Å². The third-order valence-electron chi connectivity index (χ3n) is 10.7. The predicted molar refractivity (Wildman–Crippen MR) is 213 cm³/mol. The van der Waals surface area contributed by atoms with Crippen molar-refractivity contribution in [2.24, 2.45) is 16.8 Å². The summed E-state index contributed by atoms with van der Waals surface area (Å²) in [6, 6.07) is 15.4. The van der Waals surface area contributed by atoms with Gasteiger partial charge in [-0.25, -0.2) is 0 Å². The maximum Gasteiger partial charge on any atom is 0.312 e. The molecule has 296 valence electrons. The maximum atomic E-state index is 11.6. The van der Waals surface area contributed by atoms with Gasteiger partial charge in [0.2, 0.25) is 23.5 Å². The molecular weight excluding hydrogens is 759 g/mol. The number of benzene rings is 2. The Hall–Kier alpha value is -4.91. The fourth-order valence-electron chi connectivity index (χ4n) is 7.55. The zero-order chi connectivity index (χ0) is 39.9. The number of aliphatic imine (C=N–C) groups is 1. The molecule has 56 heavy (non-hydrogen) atoms.